The molecule has 106 valence electrons. The predicted molar refractivity (Wildman–Crippen MR) is 66.4 cm³/mol. The number of rotatable bonds is 6. The largest absolute Gasteiger partial charge is 0.480 e. The quantitative estimate of drug-likeness (QED) is 0.696. The SMILES string of the molecule is Cn1cnc(C(=O)NC(CCS(C)(=O)=O)C(=O)O)c1. The van der Waals surface area contributed by atoms with Crippen LogP contribution in [0.1, 0.15) is 16.9 Å². The number of hydrogen-bond donors (Lipinski definition) is 2. The lowest BCUT2D eigenvalue weighted by Gasteiger charge is -2.12. The van der Waals surface area contributed by atoms with Crippen LogP contribution < -0.4 is 5.32 Å². The first-order valence-electron chi connectivity index (χ1n) is 5.38. The maximum absolute atomic E-state index is 11.7. The fourth-order valence-corrected chi connectivity index (χ4v) is 2.02. The fraction of sp³-hybridized carbons (Fsp3) is 0.500. The number of amides is 1. The van der Waals surface area contributed by atoms with E-state index in [1.165, 1.54) is 12.5 Å². The van der Waals surface area contributed by atoms with Crippen molar-refractivity contribution in [2.75, 3.05) is 12.0 Å². The van der Waals surface area contributed by atoms with Crippen molar-refractivity contribution < 1.29 is 23.1 Å². The Morgan fingerprint density at radius 3 is 2.58 bits per heavy atom. The topological polar surface area (TPSA) is 118 Å². The number of aliphatic carboxylic acids is 1. The number of hydrogen-bond acceptors (Lipinski definition) is 5. The monoisotopic (exact) mass is 289 g/mol. The summed E-state index contributed by atoms with van der Waals surface area (Å²) < 4.78 is 23.5. The second-order valence-corrected chi connectivity index (χ2v) is 6.47. The Bertz CT molecular complexity index is 578. The first kappa shape index (κ1) is 15.2. The molecule has 1 heterocycles. The number of carbonyl (C=O) groups is 2. The lowest BCUT2D eigenvalue weighted by atomic mass is 10.2. The van der Waals surface area contributed by atoms with E-state index >= 15 is 0 Å². The van der Waals surface area contributed by atoms with Crippen molar-refractivity contribution in [3.8, 4) is 0 Å². The number of aromatic nitrogens is 2. The van der Waals surface area contributed by atoms with Crippen molar-refractivity contribution in [3.05, 3.63) is 18.2 Å². The first-order chi connectivity index (χ1) is 8.69. The van der Waals surface area contributed by atoms with Crippen molar-refractivity contribution in [1.29, 1.82) is 0 Å². The summed E-state index contributed by atoms with van der Waals surface area (Å²) in [5.74, 6) is -2.25. The molecule has 19 heavy (non-hydrogen) atoms. The van der Waals surface area contributed by atoms with Gasteiger partial charge in [0.25, 0.3) is 5.91 Å². The molecule has 0 aliphatic carbocycles. The highest BCUT2D eigenvalue weighted by Gasteiger charge is 2.23. The highest BCUT2D eigenvalue weighted by molar-refractivity contribution is 7.90. The van der Waals surface area contributed by atoms with Gasteiger partial charge in [0.2, 0.25) is 0 Å². The molecule has 0 aliphatic heterocycles. The first-order valence-corrected chi connectivity index (χ1v) is 7.44. The lowest BCUT2D eigenvalue weighted by molar-refractivity contribution is -0.139. The van der Waals surface area contributed by atoms with Crippen LogP contribution in [-0.2, 0) is 21.7 Å². The van der Waals surface area contributed by atoms with Crippen LogP contribution in [0.3, 0.4) is 0 Å². The summed E-state index contributed by atoms with van der Waals surface area (Å²) in [6, 6.07) is -1.26. The molecule has 0 bridgehead atoms. The second-order valence-electron chi connectivity index (χ2n) is 4.21. The third-order valence-electron chi connectivity index (χ3n) is 2.32. The molecular weight excluding hydrogens is 274 g/mol. The van der Waals surface area contributed by atoms with E-state index in [2.05, 4.69) is 10.3 Å². The van der Waals surface area contributed by atoms with Crippen molar-refractivity contribution in [1.82, 2.24) is 14.9 Å². The Labute approximate surface area is 110 Å². The molecule has 1 amide bonds. The third-order valence-corrected chi connectivity index (χ3v) is 3.30. The zero-order chi connectivity index (χ0) is 14.6. The molecule has 1 rings (SSSR count). The van der Waals surface area contributed by atoms with Crippen molar-refractivity contribution in [2.24, 2.45) is 7.05 Å². The van der Waals surface area contributed by atoms with Gasteiger partial charge in [-0.25, -0.2) is 18.2 Å². The molecule has 0 spiro atoms. The Morgan fingerprint density at radius 2 is 2.16 bits per heavy atom. The van der Waals surface area contributed by atoms with Gasteiger partial charge in [-0.05, 0) is 6.42 Å². The highest BCUT2D eigenvalue weighted by atomic mass is 32.2. The number of carboxylic acids is 1. The summed E-state index contributed by atoms with van der Waals surface area (Å²) in [6.45, 7) is 0. The molecule has 0 saturated carbocycles. The maximum Gasteiger partial charge on any atom is 0.326 e. The smallest absolute Gasteiger partial charge is 0.326 e. The van der Waals surface area contributed by atoms with Gasteiger partial charge in [-0.15, -0.1) is 0 Å². The van der Waals surface area contributed by atoms with Crippen molar-refractivity contribution >= 4 is 21.7 Å². The van der Waals surface area contributed by atoms with Gasteiger partial charge in [0.15, 0.2) is 0 Å². The predicted octanol–water partition coefficient (Wildman–Crippen LogP) is -0.962. The fourth-order valence-electron chi connectivity index (χ4n) is 1.35. The van der Waals surface area contributed by atoms with Crippen LogP contribution in [0.25, 0.3) is 0 Å². The lowest BCUT2D eigenvalue weighted by Crippen LogP contribution is -2.42. The van der Waals surface area contributed by atoms with Gasteiger partial charge in [-0.3, -0.25) is 4.79 Å². The van der Waals surface area contributed by atoms with Crippen LogP contribution in [0.2, 0.25) is 0 Å². The number of carboxylic acid groups (broad SMARTS) is 1. The maximum atomic E-state index is 11.7. The van der Waals surface area contributed by atoms with Gasteiger partial charge in [-0.2, -0.15) is 0 Å². The van der Waals surface area contributed by atoms with E-state index in [1.54, 1.807) is 11.6 Å². The van der Waals surface area contributed by atoms with Crippen LogP contribution in [0.5, 0.6) is 0 Å². The van der Waals surface area contributed by atoms with Crippen LogP contribution in [0.4, 0.5) is 0 Å². The van der Waals surface area contributed by atoms with E-state index in [9.17, 15) is 18.0 Å². The molecule has 0 radical (unpaired) electrons. The van der Waals surface area contributed by atoms with E-state index in [1.807, 2.05) is 0 Å². The molecule has 2 N–H and O–H groups in total. The van der Waals surface area contributed by atoms with Crippen molar-refractivity contribution in [2.45, 2.75) is 12.5 Å². The molecule has 9 heteroatoms. The van der Waals surface area contributed by atoms with Gasteiger partial charge in [-0.1, -0.05) is 0 Å². The molecule has 1 atom stereocenters. The number of nitrogens with zero attached hydrogens (tertiary/aromatic N) is 2. The Hall–Kier alpha value is -1.90. The van der Waals surface area contributed by atoms with Gasteiger partial charge >= 0.3 is 5.97 Å². The van der Waals surface area contributed by atoms with E-state index in [4.69, 9.17) is 5.11 Å². The van der Waals surface area contributed by atoms with Gasteiger partial charge in [0, 0.05) is 19.5 Å². The van der Waals surface area contributed by atoms with E-state index in [-0.39, 0.29) is 17.9 Å². The number of aryl methyl sites for hydroxylation is 1. The molecule has 8 nitrogen and oxygen atoms in total. The van der Waals surface area contributed by atoms with Crippen molar-refractivity contribution in [3.63, 3.8) is 0 Å². The summed E-state index contributed by atoms with van der Waals surface area (Å²) in [6.07, 6.45) is 3.66. The van der Waals surface area contributed by atoms with Gasteiger partial charge in [0.1, 0.15) is 21.6 Å². The average molecular weight is 289 g/mol. The summed E-state index contributed by atoms with van der Waals surface area (Å²) in [5, 5.41) is 11.2. The van der Waals surface area contributed by atoms with Gasteiger partial charge < -0.3 is 15.0 Å². The Kier molecular flexibility index (Phi) is 4.65. The van der Waals surface area contributed by atoms with E-state index in [0.717, 1.165) is 6.26 Å². The summed E-state index contributed by atoms with van der Waals surface area (Å²) in [5.41, 5.74) is 0.0769. The minimum absolute atomic E-state index is 0.0769. The zero-order valence-electron chi connectivity index (χ0n) is 10.5. The average Bonchev–Trinajstić information content (AvgIpc) is 2.69. The zero-order valence-corrected chi connectivity index (χ0v) is 11.3. The van der Waals surface area contributed by atoms with Gasteiger partial charge in [0.05, 0.1) is 12.1 Å². The van der Waals surface area contributed by atoms with E-state index < -0.39 is 27.8 Å². The second kappa shape index (κ2) is 5.83. The molecule has 0 saturated heterocycles. The standard InChI is InChI=1S/C10H15N3O5S/c1-13-5-8(11-6-13)9(14)12-7(10(15)16)3-4-19(2,17)18/h5-7H,3-4H2,1-2H3,(H,12,14)(H,15,16). The Balaban J connectivity index is 2.68. The van der Waals surface area contributed by atoms with Crippen LogP contribution in [-0.4, -0.2) is 53.0 Å². The van der Waals surface area contributed by atoms with E-state index in [0.29, 0.717) is 0 Å². The molecule has 1 aromatic rings. The molecule has 1 aromatic heterocycles. The third kappa shape index (κ3) is 5.08. The van der Waals surface area contributed by atoms with Crippen LogP contribution in [0.15, 0.2) is 12.5 Å². The number of carbonyl (C=O) groups excluding carboxylic acids is 1. The Morgan fingerprint density at radius 1 is 1.53 bits per heavy atom. The van der Waals surface area contributed by atoms with Crippen LogP contribution >= 0.6 is 0 Å². The minimum Gasteiger partial charge on any atom is -0.480 e. The molecule has 1 unspecified atom stereocenters. The normalized spacial score (nSPS) is 12.9. The molecule has 0 aliphatic rings. The highest BCUT2D eigenvalue weighted by Crippen LogP contribution is 2.00. The summed E-state index contributed by atoms with van der Waals surface area (Å²) >= 11 is 0. The summed E-state index contributed by atoms with van der Waals surface area (Å²) in [4.78, 5) is 26.4. The number of sulfone groups is 1. The summed E-state index contributed by atoms with van der Waals surface area (Å²) in [7, 11) is -1.61. The number of nitrogens with one attached hydrogen (secondary N) is 1. The molecular formula is C10H15N3O5S. The minimum atomic E-state index is -3.28. The van der Waals surface area contributed by atoms with Crippen LogP contribution in [0, 0.1) is 0 Å². The molecule has 0 fully saturated rings. The molecule has 0 aromatic carbocycles. The number of imidazole rings is 1.